The second-order valence-corrected chi connectivity index (χ2v) is 8.42. The first kappa shape index (κ1) is 18.5. The Morgan fingerprint density at radius 3 is 2.67 bits per heavy atom. The first-order chi connectivity index (χ1) is 13.2. The summed E-state index contributed by atoms with van der Waals surface area (Å²) in [6.07, 6.45) is 13.2. The average Bonchev–Trinajstić information content (AvgIpc) is 3.05. The molecule has 2 aliphatic carbocycles. The Morgan fingerprint density at radius 1 is 1.15 bits per heavy atom. The van der Waals surface area contributed by atoms with E-state index in [-0.39, 0.29) is 5.92 Å². The zero-order valence-corrected chi connectivity index (χ0v) is 16.6. The summed E-state index contributed by atoms with van der Waals surface area (Å²) in [7, 11) is 0. The van der Waals surface area contributed by atoms with E-state index >= 15 is 0 Å². The molecule has 2 aromatic rings. The Kier molecular flexibility index (Phi) is 5.82. The summed E-state index contributed by atoms with van der Waals surface area (Å²) in [5, 5.41) is 0.748. The second-order valence-electron chi connectivity index (χ2n) is 7.99. The van der Waals surface area contributed by atoms with Gasteiger partial charge in [-0.3, -0.25) is 4.79 Å². The van der Waals surface area contributed by atoms with Crippen LogP contribution < -0.4 is 0 Å². The molecule has 0 radical (unpaired) electrons. The van der Waals surface area contributed by atoms with Gasteiger partial charge in [-0.1, -0.05) is 49.4 Å². The number of benzene rings is 1. The number of hydrogen-bond acceptors (Lipinski definition) is 2. The molecule has 0 saturated heterocycles. The van der Waals surface area contributed by atoms with Crippen molar-refractivity contribution < 1.29 is 4.79 Å². The lowest BCUT2D eigenvalue weighted by Crippen LogP contribution is -2.46. The fourth-order valence-electron chi connectivity index (χ4n) is 4.29. The molecule has 2 saturated carbocycles. The Labute approximate surface area is 166 Å². The standard InChI is InChI=1S/C22H28ClN3O/c23-19-9-4-6-17(14-19)15-25-13-12-24-21(25)16-26(20-10-2-1-3-11-20)22(27)18-7-5-8-18/h4,6,9,12-14,18,20H,1-3,5,7-8,10-11,15-16H2. The molecule has 1 aromatic carbocycles. The molecular formula is C22H28ClN3O. The number of imidazole rings is 1. The highest BCUT2D eigenvalue weighted by Gasteiger charge is 2.34. The van der Waals surface area contributed by atoms with E-state index < -0.39 is 0 Å². The van der Waals surface area contributed by atoms with Crippen molar-refractivity contribution >= 4 is 17.5 Å². The van der Waals surface area contributed by atoms with Crippen LogP contribution in [0.3, 0.4) is 0 Å². The van der Waals surface area contributed by atoms with Crippen molar-refractivity contribution in [3.05, 3.63) is 53.1 Å². The lowest BCUT2D eigenvalue weighted by Gasteiger charge is -2.38. The van der Waals surface area contributed by atoms with Gasteiger partial charge in [-0.15, -0.1) is 0 Å². The fourth-order valence-corrected chi connectivity index (χ4v) is 4.50. The zero-order valence-electron chi connectivity index (χ0n) is 15.8. The monoisotopic (exact) mass is 385 g/mol. The van der Waals surface area contributed by atoms with E-state index in [1.165, 1.54) is 25.7 Å². The van der Waals surface area contributed by atoms with Gasteiger partial charge in [0.25, 0.3) is 0 Å². The van der Waals surface area contributed by atoms with Crippen molar-refractivity contribution in [2.24, 2.45) is 5.92 Å². The normalized spacial score (nSPS) is 18.3. The number of carbonyl (C=O) groups is 1. The summed E-state index contributed by atoms with van der Waals surface area (Å²) in [4.78, 5) is 19.9. The molecule has 1 aromatic heterocycles. The molecule has 0 spiro atoms. The summed E-state index contributed by atoms with van der Waals surface area (Å²) in [6, 6.07) is 8.31. The van der Waals surface area contributed by atoms with E-state index in [1.807, 2.05) is 30.6 Å². The predicted molar refractivity (Wildman–Crippen MR) is 108 cm³/mol. The maximum Gasteiger partial charge on any atom is 0.226 e. The maximum absolute atomic E-state index is 13.1. The Morgan fingerprint density at radius 2 is 1.96 bits per heavy atom. The number of aromatic nitrogens is 2. The number of amides is 1. The minimum absolute atomic E-state index is 0.239. The Bertz CT molecular complexity index is 777. The van der Waals surface area contributed by atoms with Crippen LogP contribution in [0.1, 0.15) is 62.8 Å². The SMILES string of the molecule is O=C(C1CCC1)N(Cc1nccn1Cc1cccc(Cl)c1)C1CCCCC1. The number of halogens is 1. The van der Waals surface area contributed by atoms with Crippen molar-refractivity contribution in [2.45, 2.75) is 70.5 Å². The van der Waals surface area contributed by atoms with Crippen molar-refractivity contribution in [1.82, 2.24) is 14.5 Å². The molecule has 4 nitrogen and oxygen atoms in total. The molecule has 1 heterocycles. The number of carbonyl (C=O) groups excluding carboxylic acids is 1. The highest BCUT2D eigenvalue weighted by molar-refractivity contribution is 6.30. The number of hydrogen-bond donors (Lipinski definition) is 0. The second kappa shape index (κ2) is 8.47. The largest absolute Gasteiger partial charge is 0.332 e. The maximum atomic E-state index is 13.1. The predicted octanol–water partition coefficient (Wildman–Crippen LogP) is 5.05. The topological polar surface area (TPSA) is 38.1 Å². The van der Waals surface area contributed by atoms with Crippen LogP contribution in [-0.4, -0.2) is 26.4 Å². The van der Waals surface area contributed by atoms with Crippen LogP contribution in [0.4, 0.5) is 0 Å². The third-order valence-corrected chi connectivity index (χ3v) is 6.34. The molecular weight excluding hydrogens is 358 g/mol. The molecule has 4 rings (SSSR count). The summed E-state index contributed by atoms with van der Waals surface area (Å²) >= 11 is 6.13. The lowest BCUT2D eigenvalue weighted by atomic mass is 9.83. The van der Waals surface area contributed by atoms with Crippen LogP contribution in [-0.2, 0) is 17.9 Å². The van der Waals surface area contributed by atoms with Gasteiger partial charge in [0.05, 0.1) is 6.54 Å². The van der Waals surface area contributed by atoms with Crippen LogP contribution in [0, 0.1) is 5.92 Å². The first-order valence-electron chi connectivity index (χ1n) is 10.3. The minimum Gasteiger partial charge on any atom is -0.332 e. The number of nitrogens with zero attached hydrogens (tertiary/aromatic N) is 3. The van der Waals surface area contributed by atoms with E-state index in [4.69, 9.17) is 11.6 Å². The quantitative estimate of drug-likeness (QED) is 0.698. The molecule has 0 bridgehead atoms. The van der Waals surface area contributed by atoms with Gasteiger partial charge in [-0.2, -0.15) is 0 Å². The summed E-state index contributed by atoms with van der Waals surface area (Å²) in [6.45, 7) is 1.35. The molecule has 0 N–H and O–H groups in total. The van der Waals surface area contributed by atoms with Crippen molar-refractivity contribution in [2.75, 3.05) is 0 Å². The molecule has 144 valence electrons. The first-order valence-corrected chi connectivity index (χ1v) is 10.6. The van der Waals surface area contributed by atoms with Crippen molar-refractivity contribution in [3.63, 3.8) is 0 Å². The van der Waals surface area contributed by atoms with Gasteiger partial charge in [0.2, 0.25) is 5.91 Å². The van der Waals surface area contributed by atoms with Crippen LogP contribution in [0.15, 0.2) is 36.7 Å². The van der Waals surface area contributed by atoms with E-state index in [9.17, 15) is 4.79 Å². The summed E-state index contributed by atoms with van der Waals surface area (Å²) in [5.74, 6) is 1.56. The zero-order chi connectivity index (χ0) is 18.6. The molecule has 0 unspecified atom stereocenters. The van der Waals surface area contributed by atoms with Gasteiger partial charge in [-0.05, 0) is 43.4 Å². The van der Waals surface area contributed by atoms with Gasteiger partial charge in [-0.25, -0.2) is 4.98 Å². The van der Waals surface area contributed by atoms with Crippen LogP contribution in [0.25, 0.3) is 0 Å². The average molecular weight is 386 g/mol. The van der Waals surface area contributed by atoms with Gasteiger partial charge in [0, 0.05) is 35.9 Å². The molecule has 0 atom stereocenters. The van der Waals surface area contributed by atoms with Gasteiger partial charge in [0.15, 0.2) is 0 Å². The molecule has 2 aliphatic rings. The highest BCUT2D eigenvalue weighted by atomic mass is 35.5. The third kappa shape index (κ3) is 4.37. The summed E-state index contributed by atoms with van der Waals surface area (Å²) in [5.41, 5.74) is 1.15. The molecule has 2 fully saturated rings. The summed E-state index contributed by atoms with van der Waals surface area (Å²) < 4.78 is 2.15. The molecule has 1 amide bonds. The van der Waals surface area contributed by atoms with Crippen molar-refractivity contribution in [1.29, 1.82) is 0 Å². The van der Waals surface area contributed by atoms with Crippen LogP contribution in [0.5, 0.6) is 0 Å². The molecule has 27 heavy (non-hydrogen) atoms. The van der Waals surface area contributed by atoms with Crippen molar-refractivity contribution in [3.8, 4) is 0 Å². The lowest BCUT2D eigenvalue weighted by molar-refractivity contribution is -0.142. The van der Waals surface area contributed by atoms with E-state index in [1.54, 1.807) is 0 Å². The Balaban J connectivity index is 1.52. The number of rotatable bonds is 6. The van der Waals surface area contributed by atoms with E-state index in [0.717, 1.165) is 48.6 Å². The van der Waals surface area contributed by atoms with Crippen LogP contribution >= 0.6 is 11.6 Å². The Hall–Kier alpha value is -1.81. The minimum atomic E-state index is 0.239. The van der Waals surface area contributed by atoms with Crippen LogP contribution in [0.2, 0.25) is 5.02 Å². The van der Waals surface area contributed by atoms with E-state index in [2.05, 4.69) is 20.5 Å². The third-order valence-electron chi connectivity index (χ3n) is 6.11. The molecule has 5 heteroatoms. The highest BCUT2D eigenvalue weighted by Crippen LogP contribution is 2.32. The van der Waals surface area contributed by atoms with Gasteiger partial charge >= 0.3 is 0 Å². The van der Waals surface area contributed by atoms with E-state index in [0.29, 0.717) is 18.5 Å². The molecule has 0 aliphatic heterocycles. The fraction of sp³-hybridized carbons (Fsp3) is 0.545. The van der Waals surface area contributed by atoms with Gasteiger partial charge in [0.1, 0.15) is 5.82 Å². The smallest absolute Gasteiger partial charge is 0.226 e. The van der Waals surface area contributed by atoms with Gasteiger partial charge < -0.3 is 9.47 Å².